The maximum absolute atomic E-state index is 12.4. The SMILES string of the molecule is NC(=O)C1COCCN1C(=O)C1CCC(C(=O)O)C1. The fourth-order valence-electron chi connectivity index (χ4n) is 2.77. The molecule has 3 unspecified atom stereocenters. The molecule has 0 aromatic heterocycles. The number of aliphatic carboxylic acids is 1. The summed E-state index contributed by atoms with van der Waals surface area (Å²) in [5.74, 6) is -2.39. The molecule has 0 bridgehead atoms. The number of carbonyl (C=O) groups excluding carboxylic acids is 2. The zero-order valence-electron chi connectivity index (χ0n) is 10.6. The number of nitrogens with two attached hydrogens (primary N) is 1. The molecule has 0 spiro atoms. The van der Waals surface area contributed by atoms with Gasteiger partial charge in [-0.3, -0.25) is 14.4 Å². The number of carboxylic acids is 1. The summed E-state index contributed by atoms with van der Waals surface area (Å²) < 4.78 is 5.16. The van der Waals surface area contributed by atoms with Crippen LogP contribution in [-0.4, -0.2) is 53.6 Å². The third-order valence-corrected chi connectivity index (χ3v) is 3.87. The highest BCUT2D eigenvalue weighted by Gasteiger charge is 2.39. The summed E-state index contributed by atoms with van der Waals surface area (Å²) >= 11 is 0. The molecule has 1 aliphatic heterocycles. The highest BCUT2D eigenvalue weighted by molar-refractivity contribution is 5.88. The van der Waals surface area contributed by atoms with Crippen LogP contribution < -0.4 is 5.73 Å². The Morgan fingerprint density at radius 2 is 1.89 bits per heavy atom. The Bertz CT molecular complexity index is 398. The van der Waals surface area contributed by atoms with Crippen LogP contribution in [0.1, 0.15) is 19.3 Å². The molecule has 1 aliphatic carbocycles. The van der Waals surface area contributed by atoms with Crippen LogP contribution in [0.4, 0.5) is 0 Å². The van der Waals surface area contributed by atoms with Gasteiger partial charge >= 0.3 is 5.97 Å². The van der Waals surface area contributed by atoms with Gasteiger partial charge < -0.3 is 20.5 Å². The molecule has 0 radical (unpaired) electrons. The van der Waals surface area contributed by atoms with E-state index in [1.54, 1.807) is 0 Å². The smallest absolute Gasteiger partial charge is 0.306 e. The number of hydrogen-bond donors (Lipinski definition) is 2. The normalized spacial score (nSPS) is 31.2. The van der Waals surface area contributed by atoms with Gasteiger partial charge in [0.2, 0.25) is 11.8 Å². The molecule has 19 heavy (non-hydrogen) atoms. The quantitative estimate of drug-likeness (QED) is 0.697. The van der Waals surface area contributed by atoms with Gasteiger partial charge in [0.05, 0.1) is 19.1 Å². The topological polar surface area (TPSA) is 110 Å². The third-order valence-electron chi connectivity index (χ3n) is 3.87. The van der Waals surface area contributed by atoms with E-state index in [4.69, 9.17) is 15.6 Å². The Labute approximate surface area is 110 Å². The number of hydrogen-bond acceptors (Lipinski definition) is 4. The molecular weight excluding hydrogens is 252 g/mol. The van der Waals surface area contributed by atoms with Crippen molar-refractivity contribution in [2.75, 3.05) is 19.8 Å². The lowest BCUT2D eigenvalue weighted by molar-refractivity contribution is -0.150. The van der Waals surface area contributed by atoms with Crippen molar-refractivity contribution < 1.29 is 24.2 Å². The first-order chi connectivity index (χ1) is 9.00. The van der Waals surface area contributed by atoms with Gasteiger partial charge in [-0.25, -0.2) is 0 Å². The van der Waals surface area contributed by atoms with Crippen LogP contribution in [0.5, 0.6) is 0 Å². The third kappa shape index (κ3) is 2.86. The fraction of sp³-hybridized carbons (Fsp3) is 0.750. The molecule has 3 atom stereocenters. The minimum absolute atomic E-state index is 0.121. The van der Waals surface area contributed by atoms with Crippen LogP contribution in [-0.2, 0) is 19.1 Å². The van der Waals surface area contributed by atoms with Gasteiger partial charge in [-0.15, -0.1) is 0 Å². The Kier molecular flexibility index (Phi) is 4.04. The van der Waals surface area contributed by atoms with Gasteiger partial charge in [-0.2, -0.15) is 0 Å². The maximum Gasteiger partial charge on any atom is 0.306 e. The van der Waals surface area contributed by atoms with Crippen molar-refractivity contribution in [2.24, 2.45) is 17.6 Å². The predicted octanol–water partition coefficient (Wildman–Crippen LogP) is -0.800. The zero-order chi connectivity index (χ0) is 14.0. The average molecular weight is 270 g/mol. The number of morpholine rings is 1. The van der Waals surface area contributed by atoms with Crippen molar-refractivity contribution >= 4 is 17.8 Å². The van der Waals surface area contributed by atoms with E-state index < -0.39 is 23.8 Å². The van der Waals surface area contributed by atoms with Crippen molar-refractivity contribution in [1.82, 2.24) is 4.90 Å². The van der Waals surface area contributed by atoms with Crippen molar-refractivity contribution in [3.8, 4) is 0 Å². The Hall–Kier alpha value is -1.63. The van der Waals surface area contributed by atoms with Gasteiger partial charge in [-0.05, 0) is 19.3 Å². The van der Waals surface area contributed by atoms with E-state index in [-0.39, 0.29) is 18.4 Å². The second-order valence-electron chi connectivity index (χ2n) is 5.07. The number of ether oxygens (including phenoxy) is 1. The zero-order valence-corrected chi connectivity index (χ0v) is 10.6. The molecule has 1 saturated heterocycles. The molecule has 2 rings (SSSR count). The summed E-state index contributed by atoms with van der Waals surface area (Å²) in [6, 6.07) is -0.731. The molecule has 7 nitrogen and oxygen atoms in total. The summed E-state index contributed by atoms with van der Waals surface area (Å²) in [5.41, 5.74) is 5.26. The summed E-state index contributed by atoms with van der Waals surface area (Å²) in [6.07, 6.45) is 1.41. The minimum Gasteiger partial charge on any atom is -0.481 e. The van der Waals surface area contributed by atoms with Crippen molar-refractivity contribution in [2.45, 2.75) is 25.3 Å². The molecule has 7 heteroatoms. The second-order valence-corrected chi connectivity index (χ2v) is 5.07. The molecule has 2 amide bonds. The predicted molar refractivity (Wildman–Crippen MR) is 64.0 cm³/mol. The second kappa shape index (κ2) is 5.56. The van der Waals surface area contributed by atoms with E-state index >= 15 is 0 Å². The monoisotopic (exact) mass is 270 g/mol. The number of carboxylic acid groups (broad SMARTS) is 1. The number of carbonyl (C=O) groups is 3. The highest BCUT2D eigenvalue weighted by atomic mass is 16.5. The first-order valence-corrected chi connectivity index (χ1v) is 6.41. The average Bonchev–Trinajstić information content (AvgIpc) is 2.87. The Morgan fingerprint density at radius 1 is 1.21 bits per heavy atom. The van der Waals surface area contributed by atoms with E-state index in [1.807, 2.05) is 0 Å². The summed E-state index contributed by atoms with van der Waals surface area (Å²) in [4.78, 5) is 36.0. The lowest BCUT2D eigenvalue weighted by atomic mass is 10.0. The van der Waals surface area contributed by atoms with Crippen LogP contribution in [0, 0.1) is 11.8 Å². The van der Waals surface area contributed by atoms with Crippen molar-refractivity contribution in [3.63, 3.8) is 0 Å². The van der Waals surface area contributed by atoms with E-state index in [0.29, 0.717) is 32.4 Å². The number of nitrogens with zero attached hydrogens (tertiary/aromatic N) is 1. The van der Waals surface area contributed by atoms with Crippen LogP contribution in [0.2, 0.25) is 0 Å². The van der Waals surface area contributed by atoms with E-state index in [2.05, 4.69) is 0 Å². The minimum atomic E-state index is -0.858. The maximum atomic E-state index is 12.4. The molecule has 0 aromatic carbocycles. The fourth-order valence-corrected chi connectivity index (χ4v) is 2.77. The molecule has 0 aromatic rings. The molecular formula is C12H18N2O5. The first kappa shape index (κ1) is 13.8. The molecule has 3 N–H and O–H groups in total. The molecule has 2 aliphatic rings. The van der Waals surface area contributed by atoms with E-state index in [0.717, 1.165) is 0 Å². The largest absolute Gasteiger partial charge is 0.481 e. The van der Waals surface area contributed by atoms with E-state index in [1.165, 1.54) is 4.90 Å². The van der Waals surface area contributed by atoms with Crippen LogP contribution in [0.15, 0.2) is 0 Å². The molecule has 1 heterocycles. The van der Waals surface area contributed by atoms with Crippen molar-refractivity contribution in [3.05, 3.63) is 0 Å². The number of rotatable bonds is 3. The summed E-state index contributed by atoms with van der Waals surface area (Å²) in [5, 5.41) is 8.94. The molecule has 1 saturated carbocycles. The summed E-state index contributed by atoms with van der Waals surface area (Å²) in [6.45, 7) is 0.835. The van der Waals surface area contributed by atoms with Gasteiger partial charge in [-0.1, -0.05) is 0 Å². The molecule has 106 valence electrons. The van der Waals surface area contributed by atoms with Crippen LogP contribution in [0.3, 0.4) is 0 Å². The van der Waals surface area contributed by atoms with E-state index in [9.17, 15) is 14.4 Å². The standard InChI is InChI=1S/C12H18N2O5/c13-10(15)9-6-19-4-3-14(9)11(16)7-1-2-8(5-7)12(17)18/h7-9H,1-6H2,(H2,13,15)(H,17,18). The molecule has 2 fully saturated rings. The van der Waals surface area contributed by atoms with Crippen molar-refractivity contribution in [1.29, 1.82) is 0 Å². The Morgan fingerprint density at radius 3 is 2.47 bits per heavy atom. The van der Waals surface area contributed by atoms with Gasteiger partial charge in [0, 0.05) is 12.5 Å². The number of primary amides is 1. The Balaban J connectivity index is 2.02. The number of amides is 2. The first-order valence-electron chi connectivity index (χ1n) is 6.41. The van der Waals surface area contributed by atoms with Gasteiger partial charge in [0.15, 0.2) is 0 Å². The summed E-state index contributed by atoms with van der Waals surface area (Å²) in [7, 11) is 0. The van der Waals surface area contributed by atoms with Crippen LogP contribution in [0.25, 0.3) is 0 Å². The van der Waals surface area contributed by atoms with Gasteiger partial charge in [0.25, 0.3) is 0 Å². The lowest BCUT2D eigenvalue weighted by Crippen LogP contribution is -2.56. The lowest BCUT2D eigenvalue weighted by Gasteiger charge is -2.35. The van der Waals surface area contributed by atoms with Crippen LogP contribution >= 0.6 is 0 Å². The van der Waals surface area contributed by atoms with Gasteiger partial charge in [0.1, 0.15) is 6.04 Å². The highest BCUT2D eigenvalue weighted by Crippen LogP contribution is 2.33.